The summed E-state index contributed by atoms with van der Waals surface area (Å²) in [5.41, 5.74) is 0.421. The Morgan fingerprint density at radius 1 is 1.75 bits per heavy atom. The third-order valence-electron chi connectivity index (χ3n) is 3.05. The number of ether oxygens (including phenoxy) is 1. The maximum atomic E-state index is 10.1. The predicted octanol–water partition coefficient (Wildman–Crippen LogP) is 2.30. The highest BCUT2D eigenvalue weighted by atomic mass is 16.5. The lowest BCUT2D eigenvalue weighted by molar-refractivity contribution is -0.0578. The molecule has 1 aliphatic rings. The van der Waals surface area contributed by atoms with Crippen LogP contribution in [0.25, 0.3) is 0 Å². The van der Waals surface area contributed by atoms with Crippen molar-refractivity contribution in [2.75, 3.05) is 6.61 Å². The van der Waals surface area contributed by atoms with Crippen LogP contribution in [0.1, 0.15) is 26.7 Å². The van der Waals surface area contributed by atoms with Crippen molar-refractivity contribution in [3.63, 3.8) is 0 Å². The molecule has 1 N–H and O–H groups in total. The Morgan fingerprint density at radius 2 is 2.44 bits per heavy atom. The highest BCUT2D eigenvalue weighted by Crippen LogP contribution is 2.34. The van der Waals surface area contributed by atoms with E-state index in [1.165, 1.54) is 5.57 Å². The second kappa shape index (κ2) is 5.34. The van der Waals surface area contributed by atoms with Gasteiger partial charge in [0, 0.05) is 5.92 Å². The first-order valence-corrected chi connectivity index (χ1v) is 5.59. The molecule has 2 heteroatoms. The first kappa shape index (κ1) is 13.0. The van der Waals surface area contributed by atoms with Crippen LogP contribution in [0.15, 0.2) is 24.3 Å². The fourth-order valence-corrected chi connectivity index (χ4v) is 2.13. The lowest BCUT2D eigenvalue weighted by Gasteiger charge is -2.37. The lowest BCUT2D eigenvalue weighted by atomic mass is 9.77. The SMILES string of the molecule is C#CCO[C@H]1C=C(C=C)CC[C@H]1C(C)(C)O. The third kappa shape index (κ3) is 3.23. The molecular weight excluding hydrogens is 200 g/mol. The summed E-state index contributed by atoms with van der Waals surface area (Å²) in [7, 11) is 0. The van der Waals surface area contributed by atoms with Crippen LogP contribution in [-0.2, 0) is 4.74 Å². The van der Waals surface area contributed by atoms with Gasteiger partial charge in [-0.2, -0.15) is 0 Å². The Morgan fingerprint density at radius 3 is 2.94 bits per heavy atom. The van der Waals surface area contributed by atoms with Crippen LogP contribution in [-0.4, -0.2) is 23.4 Å². The van der Waals surface area contributed by atoms with Crippen LogP contribution in [0.4, 0.5) is 0 Å². The largest absolute Gasteiger partial charge is 0.390 e. The van der Waals surface area contributed by atoms with Crippen LogP contribution >= 0.6 is 0 Å². The van der Waals surface area contributed by atoms with E-state index in [4.69, 9.17) is 11.2 Å². The molecule has 0 saturated heterocycles. The van der Waals surface area contributed by atoms with Crippen LogP contribution in [0, 0.1) is 18.3 Å². The highest BCUT2D eigenvalue weighted by Gasteiger charge is 2.35. The molecule has 0 heterocycles. The molecule has 16 heavy (non-hydrogen) atoms. The number of allylic oxidation sites excluding steroid dienone is 2. The summed E-state index contributed by atoms with van der Waals surface area (Å²) in [4.78, 5) is 0. The summed E-state index contributed by atoms with van der Waals surface area (Å²) in [5.74, 6) is 2.55. The monoisotopic (exact) mass is 220 g/mol. The molecule has 0 spiro atoms. The fourth-order valence-electron chi connectivity index (χ4n) is 2.13. The van der Waals surface area contributed by atoms with Gasteiger partial charge in [0.25, 0.3) is 0 Å². The molecule has 88 valence electrons. The van der Waals surface area contributed by atoms with E-state index in [0.29, 0.717) is 0 Å². The van der Waals surface area contributed by atoms with Gasteiger partial charge in [0.2, 0.25) is 0 Å². The van der Waals surface area contributed by atoms with Crippen molar-refractivity contribution in [1.82, 2.24) is 0 Å². The van der Waals surface area contributed by atoms with Gasteiger partial charge in [0.05, 0.1) is 11.7 Å². The molecule has 2 atom stereocenters. The molecule has 0 fully saturated rings. The van der Waals surface area contributed by atoms with Gasteiger partial charge in [-0.05, 0) is 26.7 Å². The van der Waals surface area contributed by atoms with Crippen LogP contribution in [0.5, 0.6) is 0 Å². The van der Waals surface area contributed by atoms with Crippen molar-refractivity contribution in [2.45, 2.75) is 38.4 Å². The van der Waals surface area contributed by atoms with Gasteiger partial charge < -0.3 is 9.84 Å². The third-order valence-corrected chi connectivity index (χ3v) is 3.05. The first-order valence-electron chi connectivity index (χ1n) is 5.59. The Hall–Kier alpha value is -1.04. The van der Waals surface area contributed by atoms with E-state index in [1.54, 1.807) is 0 Å². The van der Waals surface area contributed by atoms with E-state index < -0.39 is 5.60 Å². The van der Waals surface area contributed by atoms with Crippen LogP contribution in [0.3, 0.4) is 0 Å². The standard InChI is InChI=1S/C14H20O2/c1-5-9-16-13-10-11(6-2)7-8-12(13)14(3,4)15/h1,6,10,12-13,15H,2,7-9H2,3-4H3/t12-,13+/m1/s1. The number of aliphatic hydroxyl groups is 1. The van der Waals surface area contributed by atoms with Crippen molar-refractivity contribution in [1.29, 1.82) is 0 Å². The summed E-state index contributed by atoms with van der Waals surface area (Å²) in [6.07, 6.45) is 10.8. The maximum absolute atomic E-state index is 10.1. The molecule has 0 aliphatic heterocycles. The van der Waals surface area contributed by atoms with Gasteiger partial charge in [0.1, 0.15) is 6.61 Å². The molecular formula is C14H20O2. The van der Waals surface area contributed by atoms with Crippen molar-refractivity contribution >= 4 is 0 Å². The average molecular weight is 220 g/mol. The Balaban J connectivity index is 2.82. The topological polar surface area (TPSA) is 29.5 Å². The average Bonchev–Trinajstić information content (AvgIpc) is 2.24. The van der Waals surface area contributed by atoms with Crippen molar-refractivity contribution in [3.05, 3.63) is 24.3 Å². The molecule has 1 rings (SSSR count). The summed E-state index contributed by atoms with van der Waals surface area (Å²) < 4.78 is 5.58. The molecule has 0 aromatic carbocycles. The van der Waals surface area contributed by atoms with Crippen LogP contribution in [0.2, 0.25) is 0 Å². The molecule has 0 radical (unpaired) electrons. The molecule has 0 saturated carbocycles. The van der Waals surface area contributed by atoms with E-state index >= 15 is 0 Å². The van der Waals surface area contributed by atoms with Gasteiger partial charge in [-0.1, -0.05) is 30.2 Å². The minimum Gasteiger partial charge on any atom is -0.390 e. The molecule has 0 unspecified atom stereocenters. The van der Waals surface area contributed by atoms with Gasteiger partial charge in [-0.25, -0.2) is 0 Å². The van der Waals surface area contributed by atoms with Crippen molar-refractivity contribution in [3.8, 4) is 12.3 Å². The number of rotatable bonds is 4. The number of hydrogen-bond donors (Lipinski definition) is 1. The minimum absolute atomic E-state index is 0.0875. The molecule has 0 bridgehead atoms. The Bertz CT molecular complexity index is 315. The van der Waals surface area contributed by atoms with E-state index in [9.17, 15) is 5.11 Å². The highest BCUT2D eigenvalue weighted by molar-refractivity contribution is 5.22. The van der Waals surface area contributed by atoms with E-state index in [-0.39, 0.29) is 18.6 Å². The predicted molar refractivity (Wildman–Crippen MR) is 65.9 cm³/mol. The minimum atomic E-state index is -0.748. The van der Waals surface area contributed by atoms with Crippen molar-refractivity contribution in [2.24, 2.45) is 5.92 Å². The summed E-state index contributed by atoms with van der Waals surface area (Å²) in [6.45, 7) is 7.67. The maximum Gasteiger partial charge on any atom is 0.108 e. The van der Waals surface area contributed by atoms with Crippen LogP contribution < -0.4 is 0 Å². The molecule has 0 aromatic rings. The van der Waals surface area contributed by atoms with Gasteiger partial charge in [-0.3, -0.25) is 0 Å². The van der Waals surface area contributed by atoms with E-state index in [2.05, 4.69) is 12.5 Å². The number of terminal acetylenes is 1. The van der Waals surface area contributed by atoms with Gasteiger partial charge >= 0.3 is 0 Å². The lowest BCUT2D eigenvalue weighted by Crippen LogP contribution is -2.41. The summed E-state index contributed by atoms with van der Waals surface area (Å²) in [6, 6.07) is 0. The van der Waals surface area contributed by atoms with Gasteiger partial charge in [0.15, 0.2) is 0 Å². The van der Waals surface area contributed by atoms with Crippen molar-refractivity contribution < 1.29 is 9.84 Å². The summed E-state index contributed by atoms with van der Waals surface area (Å²) >= 11 is 0. The normalized spacial score (nSPS) is 25.8. The van der Waals surface area contributed by atoms with Gasteiger partial charge in [-0.15, -0.1) is 6.42 Å². The Kier molecular flexibility index (Phi) is 4.35. The second-order valence-corrected chi connectivity index (χ2v) is 4.72. The molecule has 0 amide bonds. The molecule has 2 nitrogen and oxygen atoms in total. The van der Waals surface area contributed by atoms with E-state index in [1.807, 2.05) is 26.0 Å². The second-order valence-electron chi connectivity index (χ2n) is 4.72. The Labute approximate surface area is 98.0 Å². The smallest absolute Gasteiger partial charge is 0.108 e. The zero-order valence-corrected chi connectivity index (χ0v) is 10.1. The zero-order chi connectivity index (χ0) is 12.2. The molecule has 0 aromatic heterocycles. The van der Waals surface area contributed by atoms with E-state index in [0.717, 1.165) is 12.8 Å². The zero-order valence-electron chi connectivity index (χ0n) is 10.1. The fraction of sp³-hybridized carbons (Fsp3) is 0.571. The molecule has 1 aliphatic carbocycles. The summed E-state index contributed by atoms with van der Waals surface area (Å²) in [5, 5.41) is 10.1. The first-order chi connectivity index (χ1) is 7.49. The number of hydrogen-bond acceptors (Lipinski definition) is 2. The quantitative estimate of drug-likeness (QED) is 0.737.